The summed E-state index contributed by atoms with van der Waals surface area (Å²) in [5.74, 6) is 0.538. The summed E-state index contributed by atoms with van der Waals surface area (Å²) < 4.78 is 5.60. The van der Waals surface area contributed by atoms with E-state index in [2.05, 4.69) is 5.32 Å². The molecule has 1 aromatic rings. The summed E-state index contributed by atoms with van der Waals surface area (Å²) in [5.41, 5.74) is 0.580. The fourth-order valence-corrected chi connectivity index (χ4v) is 2.43. The quantitative estimate of drug-likeness (QED) is 0.916. The van der Waals surface area contributed by atoms with E-state index >= 15 is 0 Å². The molecule has 0 spiro atoms. The summed E-state index contributed by atoms with van der Waals surface area (Å²) in [6.45, 7) is 1.75. The highest BCUT2D eigenvalue weighted by Crippen LogP contribution is 2.18. The Morgan fingerprint density at radius 2 is 1.95 bits per heavy atom. The van der Waals surface area contributed by atoms with Gasteiger partial charge in [0.15, 0.2) is 6.10 Å². The SMILES string of the molecule is CC(Oc1ccc(C#N)cc1)C(=O)NC1CCCCC1. The van der Waals surface area contributed by atoms with E-state index in [-0.39, 0.29) is 5.91 Å². The van der Waals surface area contributed by atoms with Crippen LogP contribution in [-0.2, 0) is 4.79 Å². The molecule has 2 rings (SSSR count). The maximum Gasteiger partial charge on any atom is 0.260 e. The standard InChI is InChI=1S/C16H20N2O2/c1-12(16(19)18-14-5-3-2-4-6-14)20-15-9-7-13(11-17)8-10-15/h7-10,12,14H,2-6H2,1H3,(H,18,19). The van der Waals surface area contributed by atoms with Crippen molar-refractivity contribution in [3.05, 3.63) is 29.8 Å². The fourth-order valence-electron chi connectivity index (χ4n) is 2.43. The minimum absolute atomic E-state index is 0.0683. The van der Waals surface area contributed by atoms with E-state index in [1.807, 2.05) is 6.07 Å². The molecule has 1 aliphatic carbocycles. The van der Waals surface area contributed by atoms with E-state index in [1.165, 1.54) is 19.3 Å². The van der Waals surface area contributed by atoms with Crippen molar-refractivity contribution in [3.8, 4) is 11.8 Å². The molecule has 1 aliphatic rings. The molecule has 4 nitrogen and oxygen atoms in total. The number of amides is 1. The van der Waals surface area contributed by atoms with Crippen LogP contribution in [0.25, 0.3) is 0 Å². The van der Waals surface area contributed by atoms with Gasteiger partial charge < -0.3 is 10.1 Å². The predicted octanol–water partition coefficient (Wildman–Crippen LogP) is 2.77. The highest BCUT2D eigenvalue weighted by Gasteiger charge is 2.20. The van der Waals surface area contributed by atoms with Crippen molar-refractivity contribution in [3.63, 3.8) is 0 Å². The second-order valence-electron chi connectivity index (χ2n) is 5.24. The molecule has 0 radical (unpaired) electrons. The third kappa shape index (κ3) is 3.99. The van der Waals surface area contributed by atoms with Gasteiger partial charge in [-0.15, -0.1) is 0 Å². The third-order valence-electron chi connectivity index (χ3n) is 3.62. The number of hydrogen-bond donors (Lipinski definition) is 1. The summed E-state index contributed by atoms with van der Waals surface area (Å²) in [7, 11) is 0. The van der Waals surface area contributed by atoms with Gasteiger partial charge >= 0.3 is 0 Å². The topological polar surface area (TPSA) is 62.1 Å². The number of nitriles is 1. The van der Waals surface area contributed by atoms with Crippen LogP contribution >= 0.6 is 0 Å². The van der Waals surface area contributed by atoms with Crippen LogP contribution in [0.4, 0.5) is 0 Å². The maximum atomic E-state index is 12.1. The van der Waals surface area contributed by atoms with Gasteiger partial charge in [-0.2, -0.15) is 5.26 Å². The number of ether oxygens (including phenoxy) is 1. The van der Waals surface area contributed by atoms with E-state index in [9.17, 15) is 4.79 Å². The Labute approximate surface area is 119 Å². The molecule has 1 amide bonds. The second-order valence-corrected chi connectivity index (χ2v) is 5.24. The first kappa shape index (κ1) is 14.4. The van der Waals surface area contributed by atoms with Gasteiger partial charge in [-0.25, -0.2) is 0 Å². The van der Waals surface area contributed by atoms with Crippen molar-refractivity contribution >= 4 is 5.91 Å². The number of rotatable bonds is 4. The van der Waals surface area contributed by atoms with Crippen LogP contribution in [0.2, 0.25) is 0 Å². The van der Waals surface area contributed by atoms with Gasteiger partial charge in [-0.05, 0) is 44.0 Å². The van der Waals surface area contributed by atoms with Gasteiger partial charge in [0.05, 0.1) is 11.6 Å². The number of nitrogens with zero attached hydrogens (tertiary/aromatic N) is 1. The molecule has 4 heteroatoms. The molecule has 0 aliphatic heterocycles. The van der Waals surface area contributed by atoms with Crippen LogP contribution < -0.4 is 10.1 Å². The normalized spacial score (nSPS) is 17.0. The number of hydrogen-bond acceptors (Lipinski definition) is 3. The monoisotopic (exact) mass is 272 g/mol. The highest BCUT2D eigenvalue weighted by molar-refractivity contribution is 5.81. The Balaban J connectivity index is 1.84. The van der Waals surface area contributed by atoms with Gasteiger partial charge in [0.1, 0.15) is 5.75 Å². The molecule has 1 saturated carbocycles. The molecule has 0 saturated heterocycles. The van der Waals surface area contributed by atoms with E-state index < -0.39 is 6.10 Å². The van der Waals surface area contributed by atoms with E-state index in [1.54, 1.807) is 31.2 Å². The van der Waals surface area contributed by atoms with Gasteiger partial charge in [0.25, 0.3) is 5.91 Å². The molecule has 1 fully saturated rings. The lowest BCUT2D eigenvalue weighted by atomic mass is 9.95. The van der Waals surface area contributed by atoms with Gasteiger partial charge in [-0.3, -0.25) is 4.79 Å². The Morgan fingerprint density at radius 3 is 2.55 bits per heavy atom. The average molecular weight is 272 g/mol. The molecule has 20 heavy (non-hydrogen) atoms. The minimum atomic E-state index is -0.523. The zero-order chi connectivity index (χ0) is 14.4. The van der Waals surface area contributed by atoms with Crippen molar-refractivity contribution < 1.29 is 9.53 Å². The van der Waals surface area contributed by atoms with Crippen LogP contribution in [-0.4, -0.2) is 18.1 Å². The largest absolute Gasteiger partial charge is 0.481 e. The van der Waals surface area contributed by atoms with Crippen molar-refractivity contribution in [2.45, 2.75) is 51.2 Å². The lowest BCUT2D eigenvalue weighted by Crippen LogP contribution is -2.43. The lowest BCUT2D eigenvalue weighted by molar-refractivity contribution is -0.128. The summed E-state index contributed by atoms with van der Waals surface area (Å²) in [6.07, 6.45) is 5.25. The van der Waals surface area contributed by atoms with Crippen molar-refractivity contribution in [1.29, 1.82) is 5.26 Å². The summed E-state index contributed by atoms with van der Waals surface area (Å²) in [4.78, 5) is 12.1. The molecule has 0 bridgehead atoms. The molecular weight excluding hydrogens is 252 g/mol. The third-order valence-corrected chi connectivity index (χ3v) is 3.62. The number of nitrogens with one attached hydrogen (secondary N) is 1. The van der Waals surface area contributed by atoms with Crippen LogP contribution in [0.3, 0.4) is 0 Å². The highest BCUT2D eigenvalue weighted by atomic mass is 16.5. The van der Waals surface area contributed by atoms with Crippen molar-refractivity contribution in [1.82, 2.24) is 5.32 Å². The lowest BCUT2D eigenvalue weighted by Gasteiger charge is -2.24. The van der Waals surface area contributed by atoms with Crippen LogP contribution in [0.1, 0.15) is 44.6 Å². The van der Waals surface area contributed by atoms with Gasteiger partial charge in [0.2, 0.25) is 0 Å². The zero-order valence-corrected chi connectivity index (χ0v) is 11.8. The summed E-state index contributed by atoms with van der Waals surface area (Å²) in [5, 5.41) is 11.8. The number of carbonyl (C=O) groups is 1. The first-order chi connectivity index (χ1) is 9.69. The number of benzene rings is 1. The molecule has 1 unspecified atom stereocenters. The van der Waals surface area contributed by atoms with Crippen LogP contribution in [0.15, 0.2) is 24.3 Å². The van der Waals surface area contributed by atoms with Crippen LogP contribution in [0.5, 0.6) is 5.75 Å². The second kappa shape index (κ2) is 6.95. The van der Waals surface area contributed by atoms with Gasteiger partial charge in [0, 0.05) is 6.04 Å². The maximum absolute atomic E-state index is 12.1. The van der Waals surface area contributed by atoms with Crippen LogP contribution in [0, 0.1) is 11.3 Å². The Kier molecular flexibility index (Phi) is 5.00. The van der Waals surface area contributed by atoms with Crippen molar-refractivity contribution in [2.75, 3.05) is 0 Å². The smallest absolute Gasteiger partial charge is 0.260 e. The molecule has 0 heterocycles. The molecule has 106 valence electrons. The van der Waals surface area contributed by atoms with Gasteiger partial charge in [-0.1, -0.05) is 19.3 Å². The zero-order valence-electron chi connectivity index (χ0n) is 11.8. The molecule has 1 aromatic carbocycles. The minimum Gasteiger partial charge on any atom is -0.481 e. The average Bonchev–Trinajstić information content (AvgIpc) is 2.49. The van der Waals surface area contributed by atoms with E-state index in [0.717, 1.165) is 12.8 Å². The van der Waals surface area contributed by atoms with Crippen molar-refractivity contribution in [2.24, 2.45) is 0 Å². The Hall–Kier alpha value is -2.02. The molecule has 1 atom stereocenters. The summed E-state index contributed by atoms with van der Waals surface area (Å²) >= 11 is 0. The Bertz CT molecular complexity index is 484. The Morgan fingerprint density at radius 1 is 1.30 bits per heavy atom. The summed E-state index contributed by atoms with van der Waals surface area (Å²) in [6, 6.07) is 9.13. The molecular formula is C16H20N2O2. The molecule has 0 aromatic heterocycles. The van der Waals surface area contributed by atoms with E-state index in [4.69, 9.17) is 10.00 Å². The first-order valence-corrected chi connectivity index (χ1v) is 7.16. The molecule has 1 N–H and O–H groups in total. The predicted molar refractivity (Wildman–Crippen MR) is 76.3 cm³/mol. The van der Waals surface area contributed by atoms with E-state index in [0.29, 0.717) is 17.4 Å². The fraction of sp³-hybridized carbons (Fsp3) is 0.500. The number of carbonyl (C=O) groups excluding carboxylic acids is 1. The first-order valence-electron chi connectivity index (χ1n) is 7.16.